The molecule has 0 saturated carbocycles. The predicted octanol–water partition coefficient (Wildman–Crippen LogP) is 7.97. The molecule has 9 heteroatoms. The molecule has 0 unspecified atom stereocenters. The third kappa shape index (κ3) is 9.96. The first kappa shape index (κ1) is 30.0. The van der Waals surface area contributed by atoms with Crippen molar-refractivity contribution in [3.05, 3.63) is 130 Å². The number of amides is 1. The number of hydrogen-bond donors (Lipinski definition) is 2. The Kier molecular flexibility index (Phi) is 11.8. The van der Waals surface area contributed by atoms with Gasteiger partial charge >= 0.3 is 5.97 Å². The Morgan fingerprint density at radius 2 is 1.10 bits per heavy atom. The lowest BCUT2D eigenvalue weighted by atomic mass is 10.2. The van der Waals surface area contributed by atoms with Crippen LogP contribution in [0.25, 0.3) is 12.2 Å². The SMILES string of the molecule is COC(=O)/C=C/c1ccccc1Oc1ccc(Cl)cc1.O=C(/C=C/c1ccccc1Oc1ccc(Cl)cc1)NO. The summed E-state index contributed by atoms with van der Waals surface area (Å²) < 4.78 is 16.1. The van der Waals surface area contributed by atoms with Crippen molar-refractivity contribution in [2.45, 2.75) is 0 Å². The molecule has 0 aliphatic heterocycles. The van der Waals surface area contributed by atoms with E-state index in [1.807, 2.05) is 36.4 Å². The highest BCUT2D eigenvalue weighted by molar-refractivity contribution is 6.30. The van der Waals surface area contributed by atoms with Gasteiger partial charge in [-0.05, 0) is 72.8 Å². The number of halogens is 2. The molecule has 4 aromatic carbocycles. The number of methoxy groups -OCH3 is 1. The van der Waals surface area contributed by atoms with E-state index in [1.54, 1.807) is 72.8 Å². The van der Waals surface area contributed by atoms with Crippen LogP contribution < -0.4 is 15.0 Å². The van der Waals surface area contributed by atoms with Gasteiger partial charge in [0, 0.05) is 33.3 Å². The van der Waals surface area contributed by atoms with Crippen molar-refractivity contribution < 1.29 is 29.0 Å². The van der Waals surface area contributed by atoms with Crippen molar-refractivity contribution in [1.29, 1.82) is 0 Å². The Morgan fingerprint density at radius 3 is 1.52 bits per heavy atom. The average molecular weight is 578 g/mol. The zero-order valence-electron chi connectivity index (χ0n) is 21.3. The minimum Gasteiger partial charge on any atom is -0.466 e. The minimum atomic E-state index is -0.605. The van der Waals surface area contributed by atoms with Crippen LogP contribution in [0, 0.1) is 0 Å². The van der Waals surface area contributed by atoms with Crippen LogP contribution >= 0.6 is 23.2 Å². The lowest BCUT2D eigenvalue weighted by Crippen LogP contribution is -2.14. The maximum Gasteiger partial charge on any atom is 0.330 e. The van der Waals surface area contributed by atoms with Crippen LogP contribution in [0.3, 0.4) is 0 Å². The molecule has 0 spiro atoms. The van der Waals surface area contributed by atoms with Crippen LogP contribution in [-0.2, 0) is 14.3 Å². The van der Waals surface area contributed by atoms with Crippen LogP contribution in [0.15, 0.2) is 109 Å². The van der Waals surface area contributed by atoms with Crippen molar-refractivity contribution in [2.75, 3.05) is 7.11 Å². The van der Waals surface area contributed by atoms with E-state index in [1.165, 1.54) is 24.7 Å². The maximum atomic E-state index is 11.1. The van der Waals surface area contributed by atoms with Crippen molar-refractivity contribution in [1.82, 2.24) is 5.48 Å². The van der Waals surface area contributed by atoms with Gasteiger partial charge in [-0.1, -0.05) is 59.6 Å². The number of esters is 1. The van der Waals surface area contributed by atoms with Gasteiger partial charge in [0.1, 0.15) is 23.0 Å². The molecule has 2 N–H and O–H groups in total. The monoisotopic (exact) mass is 577 g/mol. The summed E-state index contributed by atoms with van der Waals surface area (Å²) in [5.74, 6) is 1.54. The van der Waals surface area contributed by atoms with E-state index in [2.05, 4.69) is 4.74 Å². The normalized spacial score (nSPS) is 10.5. The number of carbonyl (C=O) groups is 2. The first-order chi connectivity index (χ1) is 19.4. The summed E-state index contributed by atoms with van der Waals surface area (Å²) in [5.41, 5.74) is 3.03. The van der Waals surface area contributed by atoms with Gasteiger partial charge in [-0.15, -0.1) is 0 Å². The molecule has 204 valence electrons. The standard InChI is InChI=1S/C16H13ClO3.C15H12ClNO3/c1-19-16(18)11-6-12-4-2-3-5-15(12)20-14-9-7-13(17)8-10-14;16-12-6-8-13(9-7-12)20-14-4-2-1-3-11(14)5-10-15(18)17-19/h2-11H,1H3;1-10,19H,(H,17,18)/b11-6+;10-5+. The quantitative estimate of drug-likeness (QED) is 0.0954. The molecule has 40 heavy (non-hydrogen) atoms. The highest BCUT2D eigenvalue weighted by atomic mass is 35.5. The van der Waals surface area contributed by atoms with E-state index < -0.39 is 11.9 Å². The van der Waals surface area contributed by atoms with E-state index in [-0.39, 0.29) is 0 Å². The van der Waals surface area contributed by atoms with Gasteiger partial charge < -0.3 is 14.2 Å². The molecule has 0 saturated heterocycles. The highest BCUT2D eigenvalue weighted by Crippen LogP contribution is 2.28. The van der Waals surface area contributed by atoms with Gasteiger partial charge in [0.2, 0.25) is 0 Å². The molecule has 4 rings (SSSR count). The molecule has 1 amide bonds. The van der Waals surface area contributed by atoms with Crippen LogP contribution in [-0.4, -0.2) is 24.2 Å². The molecular formula is C31H25Cl2NO6. The summed E-state index contributed by atoms with van der Waals surface area (Å²) in [7, 11) is 1.34. The summed E-state index contributed by atoms with van der Waals surface area (Å²) in [5, 5.41) is 9.73. The summed E-state index contributed by atoms with van der Waals surface area (Å²) in [6, 6.07) is 28.7. The summed E-state index contributed by atoms with van der Waals surface area (Å²) in [4.78, 5) is 22.1. The van der Waals surface area contributed by atoms with E-state index in [9.17, 15) is 9.59 Å². The van der Waals surface area contributed by atoms with Gasteiger partial charge in [0.05, 0.1) is 7.11 Å². The second kappa shape index (κ2) is 15.8. The number of carbonyl (C=O) groups excluding carboxylic acids is 2. The molecule has 0 radical (unpaired) electrons. The number of benzene rings is 4. The van der Waals surface area contributed by atoms with Crippen LogP contribution in [0.2, 0.25) is 10.0 Å². The number of rotatable bonds is 8. The van der Waals surface area contributed by atoms with Crippen molar-refractivity contribution in [3.8, 4) is 23.0 Å². The fourth-order valence-corrected chi connectivity index (χ4v) is 3.36. The fourth-order valence-electron chi connectivity index (χ4n) is 3.11. The first-order valence-corrected chi connectivity index (χ1v) is 12.6. The van der Waals surface area contributed by atoms with Crippen LogP contribution in [0.1, 0.15) is 11.1 Å². The average Bonchev–Trinajstić information content (AvgIpc) is 2.98. The fraction of sp³-hybridized carbons (Fsp3) is 0.0323. The second-order valence-corrected chi connectivity index (χ2v) is 8.73. The smallest absolute Gasteiger partial charge is 0.330 e. The minimum absolute atomic E-state index is 0.411. The van der Waals surface area contributed by atoms with Gasteiger partial charge in [-0.2, -0.15) is 0 Å². The predicted molar refractivity (Wildman–Crippen MR) is 156 cm³/mol. The molecule has 0 atom stereocenters. The molecule has 0 fully saturated rings. The number of hydroxylamine groups is 1. The molecule has 0 aliphatic carbocycles. The number of nitrogens with one attached hydrogen (secondary N) is 1. The Morgan fingerprint density at radius 1 is 0.675 bits per heavy atom. The largest absolute Gasteiger partial charge is 0.466 e. The van der Waals surface area contributed by atoms with Gasteiger partial charge in [0.15, 0.2) is 0 Å². The number of para-hydroxylation sites is 2. The number of ether oxygens (including phenoxy) is 3. The lowest BCUT2D eigenvalue weighted by Gasteiger charge is -2.08. The Labute approximate surface area is 241 Å². The summed E-state index contributed by atoms with van der Waals surface area (Å²) in [6.45, 7) is 0. The van der Waals surface area contributed by atoms with Crippen molar-refractivity contribution in [3.63, 3.8) is 0 Å². The third-order valence-electron chi connectivity index (χ3n) is 5.05. The van der Waals surface area contributed by atoms with Crippen molar-refractivity contribution in [2.24, 2.45) is 0 Å². The number of hydrogen-bond acceptors (Lipinski definition) is 6. The molecule has 0 aliphatic rings. The van der Waals surface area contributed by atoms with Gasteiger partial charge in [-0.25, -0.2) is 10.3 Å². The molecule has 4 aromatic rings. The summed E-state index contributed by atoms with van der Waals surface area (Å²) in [6.07, 6.45) is 5.77. The topological polar surface area (TPSA) is 94.1 Å². The van der Waals surface area contributed by atoms with Gasteiger partial charge in [-0.3, -0.25) is 10.0 Å². The maximum absolute atomic E-state index is 11.1. The van der Waals surface area contributed by atoms with Gasteiger partial charge in [0.25, 0.3) is 5.91 Å². The Bertz CT molecular complexity index is 1360. The van der Waals surface area contributed by atoms with E-state index >= 15 is 0 Å². The molecule has 0 heterocycles. The van der Waals surface area contributed by atoms with Crippen LogP contribution in [0.4, 0.5) is 0 Å². The summed E-state index contributed by atoms with van der Waals surface area (Å²) >= 11 is 11.6. The molecule has 7 nitrogen and oxygen atoms in total. The van der Waals surface area contributed by atoms with E-state index in [4.69, 9.17) is 37.9 Å². The van der Waals surface area contributed by atoms with E-state index in [0.29, 0.717) is 38.6 Å². The zero-order chi connectivity index (χ0) is 28.7. The molecular weight excluding hydrogens is 553 g/mol. The first-order valence-electron chi connectivity index (χ1n) is 11.8. The van der Waals surface area contributed by atoms with E-state index in [0.717, 1.165) is 5.56 Å². The zero-order valence-corrected chi connectivity index (χ0v) is 22.8. The molecule has 0 bridgehead atoms. The molecule has 0 aromatic heterocycles. The highest BCUT2D eigenvalue weighted by Gasteiger charge is 2.04. The van der Waals surface area contributed by atoms with Crippen LogP contribution in [0.5, 0.6) is 23.0 Å². The van der Waals surface area contributed by atoms with Crippen molar-refractivity contribution >= 4 is 47.2 Å². The lowest BCUT2D eigenvalue weighted by molar-refractivity contribution is -0.134. The second-order valence-electron chi connectivity index (χ2n) is 7.85. The third-order valence-corrected chi connectivity index (χ3v) is 5.55. The Hall–Kier alpha value is -4.56. The Balaban J connectivity index is 0.000000220.